The Balaban J connectivity index is 1.32. The molecule has 0 heterocycles. The van der Waals surface area contributed by atoms with Gasteiger partial charge >= 0.3 is 0 Å². The maximum absolute atomic E-state index is 7.50. The molecule has 0 radical (unpaired) electrons. The number of hydrogen-bond donors (Lipinski definition) is 0. The molecule has 0 aromatic heterocycles. The smallest absolute Gasteiger partial charge is 0.288 e. The Kier molecular flexibility index (Phi) is 7.57. The lowest BCUT2D eigenvalue weighted by molar-refractivity contribution is 0.229. The third-order valence-electron chi connectivity index (χ3n) is 9.81. The third kappa shape index (κ3) is 4.76. The van der Waals surface area contributed by atoms with Gasteiger partial charge in [-0.15, -0.1) is 0 Å². The van der Waals surface area contributed by atoms with E-state index < -0.39 is 8.32 Å². The molecule has 212 valence electrons. The molecule has 1 atom stereocenters. The minimum Gasteiger partial charge on any atom is -0.404 e. The maximum atomic E-state index is 7.50. The summed E-state index contributed by atoms with van der Waals surface area (Å²) in [5.41, 5.74) is 7.14. The Labute approximate surface area is 257 Å². The SMILES string of the molecule is CCC(CCO[Si](c1ccccc1)(c1ccccc1)c1ccccc1)(c1cccc2c1Cc1ccccc1-2)C1C=CC=C1. The van der Waals surface area contributed by atoms with Gasteiger partial charge in [0.2, 0.25) is 0 Å². The highest BCUT2D eigenvalue weighted by molar-refractivity contribution is 7.07. The quantitative estimate of drug-likeness (QED) is 0.120. The maximum Gasteiger partial charge on any atom is 0.288 e. The van der Waals surface area contributed by atoms with Gasteiger partial charge in [0.05, 0.1) is 0 Å². The first kappa shape index (κ1) is 27.6. The first-order valence-electron chi connectivity index (χ1n) is 15.6. The van der Waals surface area contributed by atoms with Crippen molar-refractivity contribution in [3.05, 3.63) is 174 Å². The number of rotatable bonds is 10. The van der Waals surface area contributed by atoms with E-state index in [1.54, 1.807) is 0 Å². The van der Waals surface area contributed by atoms with Crippen molar-refractivity contribution >= 4 is 23.9 Å². The van der Waals surface area contributed by atoms with Crippen molar-refractivity contribution in [1.29, 1.82) is 0 Å². The van der Waals surface area contributed by atoms with Gasteiger partial charge in [-0.1, -0.05) is 165 Å². The molecular weight excluding hydrogens is 537 g/mol. The fraction of sp³-hybridized carbons (Fsp3) is 0.171. The van der Waals surface area contributed by atoms with Crippen LogP contribution in [0.25, 0.3) is 11.1 Å². The van der Waals surface area contributed by atoms with E-state index in [1.807, 2.05) is 0 Å². The van der Waals surface area contributed by atoms with Crippen LogP contribution in [0.2, 0.25) is 0 Å². The monoisotopic (exact) mass is 574 g/mol. The zero-order valence-corrected chi connectivity index (χ0v) is 25.8. The summed E-state index contributed by atoms with van der Waals surface area (Å²) < 4.78 is 7.50. The first-order chi connectivity index (χ1) is 21.3. The molecule has 2 aliphatic carbocycles. The third-order valence-corrected chi connectivity index (χ3v) is 13.9. The minimum absolute atomic E-state index is 0.0684. The number of allylic oxidation sites excluding steroid dienone is 4. The molecular formula is C41H38OSi. The van der Waals surface area contributed by atoms with Gasteiger partial charge in [0.1, 0.15) is 0 Å². The average molecular weight is 575 g/mol. The molecule has 0 N–H and O–H groups in total. The second-order valence-corrected chi connectivity index (χ2v) is 15.2. The van der Waals surface area contributed by atoms with Crippen LogP contribution in [0.3, 0.4) is 0 Å². The fourth-order valence-electron chi connectivity index (χ4n) is 7.66. The van der Waals surface area contributed by atoms with Gasteiger partial charge < -0.3 is 4.43 Å². The second-order valence-electron chi connectivity index (χ2n) is 11.8. The molecule has 0 fully saturated rings. The fourth-order valence-corrected chi connectivity index (χ4v) is 11.6. The molecule has 0 amide bonds. The van der Waals surface area contributed by atoms with Gasteiger partial charge in [-0.3, -0.25) is 0 Å². The highest BCUT2D eigenvalue weighted by atomic mass is 28.4. The van der Waals surface area contributed by atoms with Crippen molar-refractivity contribution in [1.82, 2.24) is 0 Å². The Morgan fingerprint density at radius 2 is 1.16 bits per heavy atom. The van der Waals surface area contributed by atoms with Crippen molar-refractivity contribution in [3.63, 3.8) is 0 Å². The van der Waals surface area contributed by atoms with Crippen LogP contribution in [-0.2, 0) is 16.3 Å². The molecule has 0 saturated carbocycles. The summed E-state index contributed by atoms with van der Waals surface area (Å²) in [4.78, 5) is 0. The predicted octanol–water partition coefficient (Wildman–Crippen LogP) is 7.72. The Hall–Kier alpha value is -4.24. The van der Waals surface area contributed by atoms with Crippen LogP contribution < -0.4 is 15.6 Å². The summed E-state index contributed by atoms with van der Waals surface area (Å²) in [6.45, 7) is 3.05. The standard InChI is InChI=1S/C41H38OSi/c1-2-41(33-18-13-14-19-33,40-28-16-27-38-37-26-15-12-17-32(37)31-39(38)40)29-30-42-43(34-20-6-3-7-21-34,35-22-8-4-9-23-35)36-24-10-5-11-25-36/h3-28,33H,2,29-31H2,1H3. The molecule has 5 aromatic carbocycles. The van der Waals surface area contributed by atoms with Gasteiger partial charge in [0.25, 0.3) is 8.32 Å². The largest absolute Gasteiger partial charge is 0.404 e. The Morgan fingerprint density at radius 1 is 0.628 bits per heavy atom. The van der Waals surface area contributed by atoms with Crippen molar-refractivity contribution in [3.8, 4) is 11.1 Å². The number of fused-ring (bicyclic) bond motifs is 3. The van der Waals surface area contributed by atoms with E-state index in [4.69, 9.17) is 4.43 Å². The summed E-state index contributed by atoms with van der Waals surface area (Å²) in [5.74, 6) is 0.331. The molecule has 0 bridgehead atoms. The van der Waals surface area contributed by atoms with Crippen LogP contribution in [0.15, 0.2) is 158 Å². The van der Waals surface area contributed by atoms with E-state index in [0.29, 0.717) is 12.5 Å². The van der Waals surface area contributed by atoms with E-state index in [2.05, 4.69) is 165 Å². The lowest BCUT2D eigenvalue weighted by Gasteiger charge is -2.41. The van der Waals surface area contributed by atoms with Crippen LogP contribution in [-0.4, -0.2) is 14.9 Å². The van der Waals surface area contributed by atoms with E-state index in [0.717, 1.165) is 19.3 Å². The summed E-state index contributed by atoms with van der Waals surface area (Å²) >= 11 is 0. The molecule has 0 aliphatic heterocycles. The van der Waals surface area contributed by atoms with Gasteiger partial charge in [-0.25, -0.2) is 0 Å². The van der Waals surface area contributed by atoms with Crippen LogP contribution in [0, 0.1) is 5.92 Å². The highest BCUT2D eigenvalue weighted by Crippen LogP contribution is 2.48. The summed E-state index contributed by atoms with van der Waals surface area (Å²) in [6.07, 6.45) is 12.2. The van der Waals surface area contributed by atoms with Gasteiger partial charge in [-0.05, 0) is 62.6 Å². The molecule has 1 nitrogen and oxygen atoms in total. The zero-order chi connectivity index (χ0) is 29.1. The molecule has 0 spiro atoms. The summed E-state index contributed by atoms with van der Waals surface area (Å²) in [7, 11) is -2.79. The van der Waals surface area contributed by atoms with E-state index in [9.17, 15) is 0 Å². The molecule has 1 unspecified atom stereocenters. The van der Waals surface area contributed by atoms with Gasteiger partial charge in [0.15, 0.2) is 0 Å². The van der Waals surface area contributed by atoms with Gasteiger partial charge in [-0.2, -0.15) is 0 Å². The van der Waals surface area contributed by atoms with Crippen LogP contribution in [0.1, 0.15) is 36.5 Å². The summed E-state index contributed by atoms with van der Waals surface area (Å²) in [5, 5.41) is 3.85. The topological polar surface area (TPSA) is 9.23 Å². The Morgan fingerprint density at radius 3 is 1.74 bits per heavy atom. The van der Waals surface area contributed by atoms with Crippen LogP contribution in [0.5, 0.6) is 0 Å². The number of benzene rings is 5. The normalized spacial score (nSPS) is 15.3. The van der Waals surface area contributed by atoms with E-state index >= 15 is 0 Å². The van der Waals surface area contributed by atoms with Crippen molar-refractivity contribution in [2.75, 3.05) is 6.61 Å². The van der Waals surface area contributed by atoms with E-state index in [-0.39, 0.29) is 5.41 Å². The lowest BCUT2D eigenvalue weighted by Crippen LogP contribution is -2.69. The second kappa shape index (κ2) is 11.8. The molecule has 43 heavy (non-hydrogen) atoms. The lowest BCUT2D eigenvalue weighted by atomic mass is 9.65. The van der Waals surface area contributed by atoms with Crippen molar-refractivity contribution < 1.29 is 4.43 Å². The first-order valence-corrected chi connectivity index (χ1v) is 17.5. The van der Waals surface area contributed by atoms with Crippen LogP contribution >= 0.6 is 0 Å². The number of hydrogen-bond acceptors (Lipinski definition) is 1. The van der Waals surface area contributed by atoms with E-state index in [1.165, 1.54) is 43.4 Å². The summed E-state index contributed by atoms with van der Waals surface area (Å²) in [6, 6.07) is 48.8. The predicted molar refractivity (Wildman–Crippen MR) is 183 cm³/mol. The molecule has 5 aromatic rings. The van der Waals surface area contributed by atoms with Crippen molar-refractivity contribution in [2.45, 2.75) is 31.6 Å². The van der Waals surface area contributed by atoms with Crippen LogP contribution in [0.4, 0.5) is 0 Å². The Bertz CT molecular complexity index is 1650. The minimum atomic E-state index is -2.79. The molecule has 0 saturated heterocycles. The molecule has 7 rings (SSSR count). The molecule has 2 aliphatic rings. The molecule has 2 heteroatoms. The highest BCUT2D eigenvalue weighted by Gasteiger charge is 2.44. The van der Waals surface area contributed by atoms with Gasteiger partial charge in [0, 0.05) is 17.9 Å². The average Bonchev–Trinajstić information content (AvgIpc) is 3.76. The zero-order valence-electron chi connectivity index (χ0n) is 24.8. The van der Waals surface area contributed by atoms with Crippen molar-refractivity contribution in [2.24, 2.45) is 5.92 Å².